The van der Waals surface area contributed by atoms with E-state index in [9.17, 15) is 5.11 Å². The third-order valence-corrected chi connectivity index (χ3v) is 4.05. The maximum Gasteiger partial charge on any atom is 0.178 e. The molecule has 2 rings (SSSR count). The van der Waals surface area contributed by atoms with Gasteiger partial charge in [0.1, 0.15) is 37.1 Å². The smallest absolute Gasteiger partial charge is 0.178 e. The van der Waals surface area contributed by atoms with Crippen molar-refractivity contribution >= 4 is 47.1 Å². The lowest BCUT2D eigenvalue weighted by Crippen LogP contribution is -2.74. The van der Waals surface area contributed by atoms with Crippen LogP contribution in [0, 0.1) is 0 Å². The van der Waals surface area contributed by atoms with Gasteiger partial charge < -0.3 is 9.84 Å². The fourth-order valence-corrected chi connectivity index (χ4v) is 2.22. The molecule has 2 aliphatic heterocycles. The summed E-state index contributed by atoms with van der Waals surface area (Å²) in [5.74, 6) is 0. The van der Waals surface area contributed by atoms with E-state index < -0.39 is 16.4 Å². The number of rotatable bonds is 0. The second kappa shape index (κ2) is 2.32. The molecule has 2 heterocycles. The van der Waals surface area contributed by atoms with E-state index in [-0.39, 0.29) is 5.56 Å². The minimum Gasteiger partial charge on any atom is -0.374 e. The fraction of sp³-hybridized carbons (Fsp3) is 1.00. The Balaban J connectivity index is 2.41. The number of nitrogens with zero attached hydrogens (tertiary/aromatic N) is 1. The molecule has 0 saturated carbocycles. The topological polar surface area (TPSA) is 54.4 Å². The van der Waals surface area contributed by atoms with Crippen LogP contribution in [0.15, 0.2) is 0 Å². The number of aliphatic hydroxyl groups is 1. The molecule has 0 radical (unpaired) electrons. The number of hydrazine groups is 1. The van der Waals surface area contributed by atoms with Crippen LogP contribution in [-0.4, -0.2) is 79.2 Å². The summed E-state index contributed by atoms with van der Waals surface area (Å²) in [5.41, 5.74) is 1.98. The van der Waals surface area contributed by atoms with Gasteiger partial charge in [-0.05, 0) is 0 Å². The average Bonchev–Trinajstić information content (AvgIpc) is 2.60. The van der Waals surface area contributed by atoms with Gasteiger partial charge in [-0.3, -0.25) is 0 Å². The van der Waals surface area contributed by atoms with Crippen molar-refractivity contribution in [3.05, 3.63) is 0 Å². The molecule has 14 heavy (non-hydrogen) atoms. The third-order valence-electron chi connectivity index (χ3n) is 4.05. The first-order valence-corrected chi connectivity index (χ1v) is 5.05. The molecule has 3 unspecified atom stereocenters. The Hall–Kier alpha value is 0.230. The standard InChI is InChI=1S/C4H14B6N2O2/c5-1(6)4(10,13)14-2(7,8)3(9)11-12(1)3/h11,13H,5-10H2. The van der Waals surface area contributed by atoms with Gasteiger partial charge >= 0.3 is 0 Å². The maximum atomic E-state index is 10.2. The maximum absolute atomic E-state index is 10.2. The van der Waals surface area contributed by atoms with Crippen molar-refractivity contribution in [1.82, 2.24) is 10.4 Å². The predicted octanol–water partition coefficient (Wildman–Crippen LogP) is -7.76. The van der Waals surface area contributed by atoms with E-state index >= 15 is 0 Å². The summed E-state index contributed by atoms with van der Waals surface area (Å²) in [6.45, 7) is 0. The zero-order valence-corrected chi connectivity index (χ0v) is 9.80. The van der Waals surface area contributed by atoms with Crippen LogP contribution in [0.2, 0.25) is 0 Å². The second-order valence-electron chi connectivity index (χ2n) is 5.67. The third kappa shape index (κ3) is 1.00. The molecule has 4 nitrogen and oxygen atoms in total. The predicted molar refractivity (Wildman–Crippen MR) is 70.5 cm³/mol. The van der Waals surface area contributed by atoms with Gasteiger partial charge in [-0.1, -0.05) is 0 Å². The van der Waals surface area contributed by atoms with Crippen LogP contribution in [0.1, 0.15) is 0 Å². The Kier molecular flexibility index (Phi) is 1.78. The normalized spacial score (nSPS) is 53.4. The molecule has 0 amide bonds. The highest BCUT2D eigenvalue weighted by Gasteiger charge is 2.71. The monoisotopic (exact) mass is 188 g/mol. The largest absolute Gasteiger partial charge is 0.374 e. The van der Waals surface area contributed by atoms with Gasteiger partial charge in [-0.15, -0.1) is 0 Å². The fourth-order valence-electron chi connectivity index (χ4n) is 2.22. The molecular weight excluding hydrogens is 173 g/mol. The molecular formula is C4H14B6N2O2. The van der Waals surface area contributed by atoms with Crippen molar-refractivity contribution in [1.29, 1.82) is 0 Å². The van der Waals surface area contributed by atoms with E-state index in [4.69, 9.17) is 4.74 Å². The highest BCUT2D eigenvalue weighted by atomic mass is 16.6. The number of nitrogens with one attached hydrogen (secondary N) is 1. The Morgan fingerprint density at radius 3 is 2.07 bits per heavy atom. The Morgan fingerprint density at radius 1 is 1.07 bits per heavy atom. The van der Waals surface area contributed by atoms with Crippen molar-refractivity contribution in [2.45, 2.75) is 22.0 Å². The molecule has 3 atom stereocenters. The summed E-state index contributed by atoms with van der Waals surface area (Å²) < 4.78 is 5.78. The lowest BCUT2D eigenvalue weighted by atomic mass is 9.45. The van der Waals surface area contributed by atoms with Gasteiger partial charge in [-0.2, -0.15) is 0 Å². The number of hydrogen-bond acceptors (Lipinski definition) is 4. The van der Waals surface area contributed by atoms with Gasteiger partial charge in [-0.25, -0.2) is 10.4 Å². The highest BCUT2D eigenvalue weighted by Crippen LogP contribution is 2.46. The van der Waals surface area contributed by atoms with Crippen molar-refractivity contribution in [3.63, 3.8) is 0 Å². The number of ether oxygens (including phenoxy) is 1. The quantitative estimate of drug-likeness (QED) is 0.292. The molecule has 0 aromatic carbocycles. The summed E-state index contributed by atoms with van der Waals surface area (Å²) in [4.78, 5) is 0. The first kappa shape index (κ1) is 10.7. The van der Waals surface area contributed by atoms with Crippen LogP contribution in [0.5, 0.6) is 0 Å². The number of hydrogen-bond donors (Lipinski definition) is 2. The van der Waals surface area contributed by atoms with Gasteiger partial charge in [0.15, 0.2) is 15.7 Å². The van der Waals surface area contributed by atoms with E-state index in [1.54, 1.807) is 7.85 Å². The van der Waals surface area contributed by atoms with E-state index in [0.717, 1.165) is 0 Å². The SMILES string of the molecule is BC1(B)OC(B)(O)C(B)(B)N2NC21B. The molecule has 10 heteroatoms. The molecule has 0 aromatic heterocycles. The Bertz CT molecular complexity index is 293. The Morgan fingerprint density at radius 2 is 1.57 bits per heavy atom. The molecule has 2 fully saturated rings. The number of morpholine rings is 1. The summed E-state index contributed by atoms with van der Waals surface area (Å²) >= 11 is 0. The molecule has 0 aliphatic carbocycles. The molecule has 2 aliphatic rings. The van der Waals surface area contributed by atoms with Gasteiger partial charge in [0.05, 0.1) is 5.56 Å². The van der Waals surface area contributed by atoms with Gasteiger partial charge in [0, 0.05) is 10.7 Å². The summed E-state index contributed by atoms with van der Waals surface area (Å²) in [7, 11) is 11.7. The Labute approximate surface area is 89.9 Å². The van der Waals surface area contributed by atoms with Crippen molar-refractivity contribution in [2.24, 2.45) is 0 Å². The molecule has 0 bridgehead atoms. The first-order valence-electron chi connectivity index (χ1n) is 5.05. The zero-order chi connectivity index (χ0) is 11.0. The molecule has 0 aromatic rings. The average molecular weight is 187 g/mol. The van der Waals surface area contributed by atoms with Crippen LogP contribution in [0.25, 0.3) is 0 Å². The molecule has 2 N–H and O–H groups in total. The summed E-state index contributed by atoms with van der Waals surface area (Å²) in [5, 5.41) is 11.5. The van der Waals surface area contributed by atoms with E-state index in [1.165, 1.54) is 0 Å². The molecule has 70 valence electrons. The van der Waals surface area contributed by atoms with E-state index in [2.05, 4.69) is 18.3 Å². The zero-order valence-electron chi connectivity index (χ0n) is 9.80. The lowest BCUT2D eigenvalue weighted by molar-refractivity contribution is -0.215. The van der Waals surface area contributed by atoms with E-state index in [0.29, 0.717) is 0 Å². The van der Waals surface area contributed by atoms with Crippen molar-refractivity contribution < 1.29 is 9.84 Å². The highest BCUT2D eigenvalue weighted by molar-refractivity contribution is 6.49. The summed E-state index contributed by atoms with van der Waals surface area (Å²) in [6, 6.07) is 0. The lowest BCUT2D eigenvalue weighted by Gasteiger charge is -2.53. The minimum absolute atomic E-state index is 0.168. The van der Waals surface area contributed by atoms with Gasteiger partial charge in [0.2, 0.25) is 0 Å². The number of fused-ring (bicyclic) bond motifs is 1. The van der Waals surface area contributed by atoms with Crippen molar-refractivity contribution in [2.75, 3.05) is 0 Å². The minimum atomic E-state index is -1.14. The first-order chi connectivity index (χ1) is 6.05. The van der Waals surface area contributed by atoms with Crippen LogP contribution in [0.4, 0.5) is 0 Å². The molecule has 0 spiro atoms. The molecule has 2 saturated heterocycles. The van der Waals surface area contributed by atoms with Crippen LogP contribution < -0.4 is 5.43 Å². The van der Waals surface area contributed by atoms with Crippen molar-refractivity contribution in [3.8, 4) is 0 Å². The van der Waals surface area contributed by atoms with Crippen LogP contribution in [0.3, 0.4) is 0 Å². The van der Waals surface area contributed by atoms with E-state index in [1.807, 2.05) is 31.4 Å². The van der Waals surface area contributed by atoms with Crippen LogP contribution >= 0.6 is 0 Å². The summed E-state index contributed by atoms with van der Waals surface area (Å²) in [6.07, 6.45) is 0. The van der Waals surface area contributed by atoms with Crippen LogP contribution in [-0.2, 0) is 4.74 Å². The van der Waals surface area contributed by atoms with Gasteiger partial charge in [0.25, 0.3) is 0 Å². The second-order valence-corrected chi connectivity index (χ2v) is 5.67.